The third-order valence-electron chi connectivity index (χ3n) is 4.32. The number of aliphatic carboxylic acids is 1. The van der Waals surface area contributed by atoms with E-state index in [-0.39, 0.29) is 29.1 Å². The number of nitrogens with two attached hydrogens (primary N) is 1. The van der Waals surface area contributed by atoms with Gasteiger partial charge in [0.1, 0.15) is 0 Å². The first-order chi connectivity index (χ1) is 12.6. The van der Waals surface area contributed by atoms with Crippen molar-refractivity contribution in [3.05, 3.63) is 35.9 Å². The van der Waals surface area contributed by atoms with E-state index in [1.54, 1.807) is 16.7 Å². The molecular formula is C19H29N3O4S. The summed E-state index contributed by atoms with van der Waals surface area (Å²) in [7, 11) is 0. The zero-order valence-electron chi connectivity index (χ0n) is 16.3. The first-order valence-corrected chi connectivity index (χ1v) is 9.91. The van der Waals surface area contributed by atoms with Crippen LogP contribution in [-0.2, 0) is 20.8 Å². The van der Waals surface area contributed by atoms with Crippen LogP contribution in [0.3, 0.4) is 0 Å². The number of thioether (sulfide) groups is 1. The molecule has 1 aliphatic heterocycles. The average molecular weight is 396 g/mol. The van der Waals surface area contributed by atoms with Crippen LogP contribution in [0.15, 0.2) is 30.3 Å². The molecule has 1 saturated heterocycles. The molecule has 1 heterocycles. The molecule has 0 spiro atoms. The molecule has 27 heavy (non-hydrogen) atoms. The van der Waals surface area contributed by atoms with Crippen molar-refractivity contribution in [3.63, 3.8) is 0 Å². The van der Waals surface area contributed by atoms with Crippen molar-refractivity contribution in [1.82, 2.24) is 10.2 Å². The molecule has 2 rings (SSSR count). The average Bonchev–Trinajstić information content (AvgIpc) is 2.60. The number of amides is 2. The van der Waals surface area contributed by atoms with Crippen molar-refractivity contribution >= 4 is 29.5 Å². The van der Waals surface area contributed by atoms with Crippen molar-refractivity contribution < 1.29 is 19.5 Å². The molecule has 0 radical (unpaired) electrons. The normalized spacial score (nSPS) is 18.0. The molecule has 0 bridgehead atoms. The Morgan fingerprint density at radius 1 is 1.37 bits per heavy atom. The van der Waals surface area contributed by atoms with Gasteiger partial charge in [0.2, 0.25) is 11.8 Å². The fourth-order valence-electron chi connectivity index (χ4n) is 2.63. The van der Waals surface area contributed by atoms with E-state index in [1.165, 1.54) is 0 Å². The Labute approximate surface area is 164 Å². The lowest BCUT2D eigenvalue weighted by atomic mass is 10.00. The van der Waals surface area contributed by atoms with E-state index in [0.717, 1.165) is 12.5 Å². The second kappa shape index (κ2) is 10.3. The maximum atomic E-state index is 12.7. The van der Waals surface area contributed by atoms with Gasteiger partial charge in [-0.05, 0) is 32.1 Å². The zero-order chi connectivity index (χ0) is 20.6. The van der Waals surface area contributed by atoms with Gasteiger partial charge in [-0.1, -0.05) is 30.3 Å². The number of carboxylic acids is 1. The predicted octanol–water partition coefficient (Wildman–Crippen LogP) is 1.12. The van der Waals surface area contributed by atoms with Gasteiger partial charge in [0.15, 0.2) is 0 Å². The third kappa shape index (κ3) is 7.60. The van der Waals surface area contributed by atoms with Crippen molar-refractivity contribution in [2.24, 2.45) is 5.73 Å². The van der Waals surface area contributed by atoms with Gasteiger partial charge >= 0.3 is 0 Å². The molecule has 1 aromatic rings. The Bertz CT molecular complexity index is 648. The minimum absolute atomic E-state index is 0.0767. The Hall–Kier alpha value is -2.06. The maximum Gasteiger partial charge on any atom is 0.300 e. The number of nitrogens with one attached hydrogen (secondary N) is 1. The second-order valence-corrected chi connectivity index (χ2v) is 8.44. The molecule has 4 N–H and O–H groups in total. The van der Waals surface area contributed by atoms with Crippen LogP contribution in [-0.4, -0.2) is 64.0 Å². The fraction of sp³-hybridized carbons (Fsp3) is 0.526. The molecule has 8 heteroatoms. The monoisotopic (exact) mass is 395 g/mol. The molecule has 1 aliphatic rings. The summed E-state index contributed by atoms with van der Waals surface area (Å²) in [4.78, 5) is 35.2. The van der Waals surface area contributed by atoms with Crippen LogP contribution in [0.4, 0.5) is 0 Å². The van der Waals surface area contributed by atoms with E-state index in [9.17, 15) is 9.59 Å². The highest BCUT2D eigenvalue weighted by Gasteiger charge is 2.37. The van der Waals surface area contributed by atoms with Crippen LogP contribution >= 0.6 is 11.8 Å². The molecule has 2 atom stereocenters. The minimum atomic E-state index is -0.833. The van der Waals surface area contributed by atoms with Crippen molar-refractivity contribution in [2.75, 3.05) is 19.3 Å². The van der Waals surface area contributed by atoms with Crippen LogP contribution in [0, 0.1) is 0 Å². The first kappa shape index (κ1) is 23.0. The van der Waals surface area contributed by atoms with E-state index >= 15 is 0 Å². The summed E-state index contributed by atoms with van der Waals surface area (Å²) in [5.41, 5.74) is 7.28. The summed E-state index contributed by atoms with van der Waals surface area (Å²) in [5.74, 6) is -1.11. The quantitative estimate of drug-likeness (QED) is 0.689. The summed E-state index contributed by atoms with van der Waals surface area (Å²) in [5, 5.41) is 10.4. The summed E-state index contributed by atoms with van der Waals surface area (Å²) >= 11 is 1.56. The zero-order valence-corrected chi connectivity index (χ0v) is 17.1. The van der Waals surface area contributed by atoms with Crippen LogP contribution in [0.5, 0.6) is 0 Å². The first-order valence-electron chi connectivity index (χ1n) is 8.69. The van der Waals surface area contributed by atoms with E-state index in [1.807, 2.05) is 50.4 Å². The molecule has 0 aromatic heterocycles. The van der Waals surface area contributed by atoms with E-state index in [0.29, 0.717) is 13.0 Å². The summed E-state index contributed by atoms with van der Waals surface area (Å²) in [6.45, 7) is 5.57. The summed E-state index contributed by atoms with van der Waals surface area (Å²) in [6, 6.07) is 9.25. The fourth-order valence-corrected chi connectivity index (χ4v) is 2.98. The van der Waals surface area contributed by atoms with Gasteiger partial charge in [0.25, 0.3) is 5.97 Å². The van der Waals surface area contributed by atoms with Crippen LogP contribution in [0.25, 0.3) is 0 Å². The largest absolute Gasteiger partial charge is 0.481 e. The molecule has 2 amide bonds. The van der Waals surface area contributed by atoms with E-state index < -0.39 is 12.0 Å². The number of carboxylic acid groups (broad SMARTS) is 1. The lowest BCUT2D eigenvalue weighted by molar-refractivity contribution is -0.140. The van der Waals surface area contributed by atoms with Gasteiger partial charge in [-0.25, -0.2) is 0 Å². The molecule has 0 unspecified atom stereocenters. The topological polar surface area (TPSA) is 113 Å². The highest BCUT2D eigenvalue weighted by Crippen LogP contribution is 2.25. The maximum absolute atomic E-state index is 12.7. The number of carbonyl (C=O) groups is 3. The molecule has 150 valence electrons. The van der Waals surface area contributed by atoms with E-state index in [4.69, 9.17) is 15.6 Å². The SMILES string of the molecule is CC(=O)O.CSC(C)(C)[C@H](N)C(=O)N1CC(=O)N[C@@H](Cc2ccccc2)C1. The lowest BCUT2D eigenvalue weighted by Crippen LogP contribution is -2.61. The molecule has 0 aliphatic carbocycles. The smallest absolute Gasteiger partial charge is 0.300 e. The number of nitrogens with zero attached hydrogens (tertiary/aromatic N) is 1. The number of hydrogen-bond donors (Lipinski definition) is 3. The summed E-state index contributed by atoms with van der Waals surface area (Å²) < 4.78 is -0.361. The third-order valence-corrected chi connectivity index (χ3v) is 5.62. The Kier molecular flexibility index (Phi) is 8.78. The number of piperazine rings is 1. The molecule has 1 fully saturated rings. The Morgan fingerprint density at radius 2 is 1.93 bits per heavy atom. The number of carbonyl (C=O) groups excluding carboxylic acids is 2. The highest BCUT2D eigenvalue weighted by molar-refractivity contribution is 8.00. The standard InChI is InChI=1S/C17H25N3O2S.C2H4O2/c1-17(2,23-3)15(18)16(22)20-10-13(19-14(21)11-20)9-12-7-5-4-6-8-12;1-2(3)4/h4-8,13,15H,9-11,18H2,1-3H3,(H,19,21);1H3,(H,3,4)/t13-,15+;/m0./s1. The molecule has 7 nitrogen and oxygen atoms in total. The number of benzene rings is 1. The molecule has 1 aromatic carbocycles. The summed E-state index contributed by atoms with van der Waals surface area (Å²) in [6.07, 6.45) is 2.64. The lowest BCUT2D eigenvalue weighted by Gasteiger charge is -2.37. The Morgan fingerprint density at radius 3 is 2.44 bits per heavy atom. The predicted molar refractivity (Wildman–Crippen MR) is 108 cm³/mol. The second-order valence-electron chi connectivity index (χ2n) is 6.98. The van der Waals surface area contributed by atoms with E-state index in [2.05, 4.69) is 5.32 Å². The van der Waals surface area contributed by atoms with Crippen LogP contribution in [0.2, 0.25) is 0 Å². The molecular weight excluding hydrogens is 366 g/mol. The van der Waals surface area contributed by atoms with Crippen LogP contribution in [0.1, 0.15) is 26.3 Å². The van der Waals surface area contributed by atoms with Gasteiger partial charge < -0.3 is 21.1 Å². The number of hydrogen-bond acceptors (Lipinski definition) is 5. The minimum Gasteiger partial charge on any atom is -0.481 e. The van der Waals surface area contributed by atoms with Crippen molar-refractivity contribution in [3.8, 4) is 0 Å². The van der Waals surface area contributed by atoms with Gasteiger partial charge in [-0.3, -0.25) is 14.4 Å². The van der Waals surface area contributed by atoms with Gasteiger partial charge in [-0.2, -0.15) is 11.8 Å². The van der Waals surface area contributed by atoms with Crippen molar-refractivity contribution in [2.45, 2.75) is 44.0 Å². The number of rotatable bonds is 5. The molecule has 0 saturated carbocycles. The Balaban J connectivity index is 0.000000828. The highest BCUT2D eigenvalue weighted by atomic mass is 32.2. The van der Waals surface area contributed by atoms with Gasteiger partial charge in [0, 0.05) is 18.2 Å². The van der Waals surface area contributed by atoms with Gasteiger partial charge in [0.05, 0.1) is 18.6 Å². The van der Waals surface area contributed by atoms with Gasteiger partial charge in [-0.15, -0.1) is 0 Å². The van der Waals surface area contributed by atoms with Crippen molar-refractivity contribution in [1.29, 1.82) is 0 Å². The van der Waals surface area contributed by atoms with Crippen LogP contribution < -0.4 is 11.1 Å².